The van der Waals surface area contributed by atoms with E-state index in [1.807, 2.05) is 0 Å². The Balaban J connectivity index is 1.98. The summed E-state index contributed by atoms with van der Waals surface area (Å²) >= 11 is 3.36. The van der Waals surface area contributed by atoms with Gasteiger partial charge < -0.3 is 5.11 Å². The molecule has 3 aromatic carbocycles. The second kappa shape index (κ2) is 8.16. The summed E-state index contributed by atoms with van der Waals surface area (Å²) in [5.74, 6) is -2.03. The number of ketones is 1. The first-order valence-electron chi connectivity index (χ1n) is 9.25. The molecule has 0 bridgehead atoms. The summed E-state index contributed by atoms with van der Waals surface area (Å²) in [5.41, 5.74) is 0.810. The Bertz CT molecular complexity index is 1240. The summed E-state index contributed by atoms with van der Waals surface area (Å²) in [6.45, 7) is 0. The monoisotopic (exact) mass is 478 g/mol. The minimum absolute atomic E-state index is 0.128. The number of nitro benzene ring substituents is 1. The summed E-state index contributed by atoms with van der Waals surface area (Å²) < 4.78 is 0.688. The number of non-ortho nitro benzene ring substituents is 1. The van der Waals surface area contributed by atoms with E-state index in [1.165, 1.54) is 23.1 Å². The molecule has 1 fully saturated rings. The maximum atomic E-state index is 13.0. The number of amides is 1. The van der Waals surface area contributed by atoms with Gasteiger partial charge in [0.2, 0.25) is 0 Å². The Kier molecular flexibility index (Phi) is 5.39. The minimum Gasteiger partial charge on any atom is -0.507 e. The van der Waals surface area contributed by atoms with Gasteiger partial charge in [-0.1, -0.05) is 64.5 Å². The van der Waals surface area contributed by atoms with Gasteiger partial charge in [0.15, 0.2) is 0 Å². The topological polar surface area (TPSA) is 101 Å². The Hall–Kier alpha value is -3.78. The number of carbonyl (C=O) groups excluding carboxylic acids is 2. The van der Waals surface area contributed by atoms with Crippen molar-refractivity contribution in [3.8, 4) is 0 Å². The number of carbonyl (C=O) groups is 2. The number of rotatable bonds is 4. The fraction of sp³-hybridized carbons (Fsp3) is 0.0435. The van der Waals surface area contributed by atoms with E-state index in [9.17, 15) is 24.8 Å². The predicted octanol–water partition coefficient (Wildman–Crippen LogP) is 4.98. The second-order valence-corrected chi connectivity index (χ2v) is 7.78. The van der Waals surface area contributed by atoms with Crippen LogP contribution in [0.25, 0.3) is 5.76 Å². The highest BCUT2D eigenvalue weighted by Crippen LogP contribution is 2.43. The van der Waals surface area contributed by atoms with Crippen molar-refractivity contribution >= 4 is 44.8 Å². The maximum Gasteiger partial charge on any atom is 0.300 e. The normalized spacial score (nSPS) is 17.7. The predicted molar refractivity (Wildman–Crippen MR) is 118 cm³/mol. The van der Waals surface area contributed by atoms with Crippen LogP contribution < -0.4 is 4.90 Å². The van der Waals surface area contributed by atoms with Gasteiger partial charge in [-0.25, -0.2) is 0 Å². The highest BCUT2D eigenvalue weighted by Gasteiger charge is 2.47. The average molecular weight is 479 g/mol. The first-order valence-corrected chi connectivity index (χ1v) is 10.0. The molecule has 154 valence electrons. The van der Waals surface area contributed by atoms with E-state index < -0.39 is 22.7 Å². The molecule has 7 nitrogen and oxygen atoms in total. The highest BCUT2D eigenvalue weighted by atomic mass is 79.9. The second-order valence-electron chi connectivity index (χ2n) is 6.87. The molecule has 0 aliphatic carbocycles. The lowest BCUT2D eigenvalue weighted by molar-refractivity contribution is -0.384. The van der Waals surface area contributed by atoms with Crippen LogP contribution >= 0.6 is 15.9 Å². The van der Waals surface area contributed by atoms with Gasteiger partial charge in [-0.15, -0.1) is 0 Å². The van der Waals surface area contributed by atoms with E-state index >= 15 is 0 Å². The Morgan fingerprint density at radius 1 is 0.968 bits per heavy atom. The number of aliphatic hydroxyl groups is 1. The number of Topliss-reactive ketones (excluding diaryl/α,β-unsaturated/α-hetero) is 1. The van der Waals surface area contributed by atoms with E-state index in [2.05, 4.69) is 15.9 Å². The molecular weight excluding hydrogens is 464 g/mol. The van der Waals surface area contributed by atoms with Crippen molar-refractivity contribution in [3.63, 3.8) is 0 Å². The molecule has 4 rings (SSSR count). The number of halogens is 1. The van der Waals surface area contributed by atoms with Gasteiger partial charge >= 0.3 is 0 Å². The summed E-state index contributed by atoms with van der Waals surface area (Å²) in [5, 5.41) is 22.3. The van der Waals surface area contributed by atoms with Crippen LogP contribution in [0, 0.1) is 10.1 Å². The molecule has 1 atom stereocenters. The first-order chi connectivity index (χ1) is 14.9. The molecule has 1 aliphatic heterocycles. The number of hydrogen-bond acceptors (Lipinski definition) is 5. The molecule has 1 amide bonds. The van der Waals surface area contributed by atoms with Gasteiger partial charge in [0, 0.05) is 27.9 Å². The fourth-order valence-corrected chi connectivity index (χ4v) is 3.99. The molecule has 3 aromatic rings. The van der Waals surface area contributed by atoms with Crippen molar-refractivity contribution in [3.05, 3.63) is 110 Å². The first kappa shape index (κ1) is 20.5. The summed E-state index contributed by atoms with van der Waals surface area (Å²) in [4.78, 5) is 38.1. The van der Waals surface area contributed by atoms with Crippen LogP contribution in [0.4, 0.5) is 11.4 Å². The van der Waals surface area contributed by atoms with E-state index in [0.29, 0.717) is 21.3 Å². The summed E-state index contributed by atoms with van der Waals surface area (Å²) in [7, 11) is 0. The minimum atomic E-state index is -1.03. The van der Waals surface area contributed by atoms with Gasteiger partial charge in [0.1, 0.15) is 5.76 Å². The summed E-state index contributed by atoms with van der Waals surface area (Å²) in [6.07, 6.45) is 0. The molecule has 0 aromatic heterocycles. The maximum absolute atomic E-state index is 13.0. The molecule has 8 heteroatoms. The third-order valence-corrected chi connectivity index (χ3v) is 5.47. The van der Waals surface area contributed by atoms with Crippen LogP contribution in [0.15, 0.2) is 88.9 Å². The Labute approximate surface area is 185 Å². The quantitative estimate of drug-likeness (QED) is 0.187. The smallest absolute Gasteiger partial charge is 0.300 e. The number of anilines is 1. The third kappa shape index (κ3) is 3.73. The summed E-state index contributed by atoms with van der Waals surface area (Å²) in [6, 6.07) is 19.9. The van der Waals surface area contributed by atoms with Crippen LogP contribution in [-0.2, 0) is 9.59 Å². The van der Waals surface area contributed by atoms with E-state index in [0.717, 1.165) is 0 Å². The molecule has 1 aliphatic rings. The van der Waals surface area contributed by atoms with Crippen LogP contribution in [0.2, 0.25) is 0 Å². The molecular formula is C23H15BrN2O5. The number of hydrogen-bond donors (Lipinski definition) is 1. The van der Waals surface area contributed by atoms with Gasteiger partial charge in [-0.2, -0.15) is 0 Å². The van der Waals surface area contributed by atoms with Gasteiger partial charge in [0.05, 0.1) is 16.5 Å². The molecule has 31 heavy (non-hydrogen) atoms. The number of nitrogens with zero attached hydrogens (tertiary/aromatic N) is 2. The molecule has 1 N–H and O–H groups in total. The van der Waals surface area contributed by atoms with Crippen LogP contribution in [-0.4, -0.2) is 21.7 Å². The zero-order chi connectivity index (χ0) is 22.1. The van der Waals surface area contributed by atoms with Crippen molar-refractivity contribution in [2.45, 2.75) is 6.04 Å². The van der Waals surface area contributed by atoms with Gasteiger partial charge in [-0.05, 0) is 23.8 Å². The zero-order valence-electron chi connectivity index (χ0n) is 15.9. The van der Waals surface area contributed by atoms with Crippen molar-refractivity contribution in [1.29, 1.82) is 0 Å². The molecule has 1 saturated heterocycles. The molecule has 0 spiro atoms. The third-order valence-electron chi connectivity index (χ3n) is 4.97. The van der Waals surface area contributed by atoms with E-state index in [1.54, 1.807) is 60.7 Å². The average Bonchev–Trinajstić information content (AvgIpc) is 3.04. The van der Waals surface area contributed by atoms with Crippen molar-refractivity contribution in [2.75, 3.05) is 4.90 Å². The molecule has 0 radical (unpaired) electrons. The zero-order valence-corrected chi connectivity index (χ0v) is 17.5. The Morgan fingerprint density at radius 3 is 2.35 bits per heavy atom. The van der Waals surface area contributed by atoms with Crippen LogP contribution in [0.1, 0.15) is 17.2 Å². The SMILES string of the molecule is O=C1C(=O)N(c2cccc(Br)c2)C(c2cccc([N+](=O)[O-])c2)/C1=C(\O)c1ccccc1. The fourth-order valence-electron chi connectivity index (χ4n) is 3.60. The highest BCUT2D eigenvalue weighted by molar-refractivity contribution is 9.10. The van der Waals surface area contributed by atoms with Gasteiger partial charge in [-0.3, -0.25) is 24.6 Å². The van der Waals surface area contributed by atoms with Crippen molar-refractivity contribution in [2.24, 2.45) is 0 Å². The Morgan fingerprint density at radius 2 is 1.68 bits per heavy atom. The molecule has 0 saturated carbocycles. The van der Waals surface area contributed by atoms with Crippen LogP contribution in [0.3, 0.4) is 0 Å². The van der Waals surface area contributed by atoms with E-state index in [-0.39, 0.29) is 17.0 Å². The van der Waals surface area contributed by atoms with Crippen molar-refractivity contribution in [1.82, 2.24) is 0 Å². The largest absolute Gasteiger partial charge is 0.507 e. The van der Waals surface area contributed by atoms with Crippen LogP contribution in [0.5, 0.6) is 0 Å². The number of aliphatic hydroxyl groups excluding tert-OH is 1. The lowest BCUT2D eigenvalue weighted by Crippen LogP contribution is -2.29. The number of benzene rings is 3. The molecule has 1 unspecified atom stereocenters. The van der Waals surface area contributed by atoms with Gasteiger partial charge in [0.25, 0.3) is 17.4 Å². The van der Waals surface area contributed by atoms with Crippen molar-refractivity contribution < 1.29 is 19.6 Å². The standard InChI is InChI=1S/C23H15BrN2O5/c24-16-9-5-10-17(13-16)25-20(15-8-4-11-18(12-15)26(30)31)19(22(28)23(25)29)21(27)14-6-2-1-3-7-14/h1-13,20,27H/b21-19+. The van der Waals surface area contributed by atoms with E-state index in [4.69, 9.17) is 0 Å². The lowest BCUT2D eigenvalue weighted by Gasteiger charge is -2.25. The number of nitro groups is 1. The lowest BCUT2D eigenvalue weighted by atomic mass is 9.95. The molecule has 1 heterocycles.